The Hall–Kier alpha value is -1.96. The van der Waals surface area contributed by atoms with Crippen LogP contribution in [0.3, 0.4) is 0 Å². The highest BCUT2D eigenvalue weighted by Gasteiger charge is 2.16. The van der Waals surface area contributed by atoms with E-state index >= 15 is 0 Å². The number of nitrogens with one attached hydrogen (secondary N) is 1. The SMILES string of the molecule is C1=CNC=CC(N2CCc3ccccc3C2)=C1. The van der Waals surface area contributed by atoms with Gasteiger partial charge in [0.1, 0.15) is 0 Å². The fourth-order valence-corrected chi connectivity index (χ4v) is 2.37. The molecule has 0 radical (unpaired) electrons. The van der Waals surface area contributed by atoms with Gasteiger partial charge in [0.05, 0.1) is 0 Å². The molecule has 0 spiro atoms. The second-order valence-electron chi connectivity index (χ2n) is 4.39. The third-order valence-electron chi connectivity index (χ3n) is 3.31. The van der Waals surface area contributed by atoms with Crippen LogP contribution in [0.4, 0.5) is 0 Å². The van der Waals surface area contributed by atoms with E-state index in [1.54, 1.807) is 0 Å². The summed E-state index contributed by atoms with van der Waals surface area (Å²) in [6, 6.07) is 8.73. The van der Waals surface area contributed by atoms with E-state index in [1.165, 1.54) is 16.8 Å². The molecule has 17 heavy (non-hydrogen) atoms. The van der Waals surface area contributed by atoms with Crippen molar-refractivity contribution in [2.24, 2.45) is 0 Å². The first kappa shape index (κ1) is 10.2. The van der Waals surface area contributed by atoms with Crippen molar-refractivity contribution in [1.29, 1.82) is 0 Å². The summed E-state index contributed by atoms with van der Waals surface area (Å²) in [5.74, 6) is 0. The van der Waals surface area contributed by atoms with E-state index in [0.29, 0.717) is 0 Å². The second kappa shape index (κ2) is 4.50. The molecule has 3 rings (SSSR count). The molecule has 2 heteroatoms. The Morgan fingerprint density at radius 1 is 1.06 bits per heavy atom. The summed E-state index contributed by atoms with van der Waals surface area (Å²) in [7, 11) is 0. The molecule has 0 fully saturated rings. The summed E-state index contributed by atoms with van der Waals surface area (Å²) in [6.45, 7) is 2.11. The van der Waals surface area contributed by atoms with Crippen LogP contribution in [0.15, 0.2) is 60.6 Å². The van der Waals surface area contributed by atoms with Crippen molar-refractivity contribution in [2.75, 3.05) is 6.54 Å². The molecule has 0 amide bonds. The van der Waals surface area contributed by atoms with Crippen LogP contribution in [0.25, 0.3) is 0 Å². The van der Waals surface area contributed by atoms with Crippen LogP contribution < -0.4 is 5.32 Å². The lowest BCUT2D eigenvalue weighted by Crippen LogP contribution is -2.29. The van der Waals surface area contributed by atoms with Crippen LogP contribution >= 0.6 is 0 Å². The molecule has 86 valence electrons. The average molecular weight is 224 g/mol. The fourth-order valence-electron chi connectivity index (χ4n) is 2.37. The van der Waals surface area contributed by atoms with Crippen LogP contribution in [-0.2, 0) is 13.0 Å². The van der Waals surface area contributed by atoms with E-state index in [-0.39, 0.29) is 0 Å². The number of benzene rings is 1. The Balaban J connectivity index is 1.84. The number of fused-ring (bicyclic) bond motifs is 1. The minimum Gasteiger partial charge on any atom is -0.368 e. The molecule has 0 bridgehead atoms. The van der Waals surface area contributed by atoms with Gasteiger partial charge in [-0.25, -0.2) is 0 Å². The summed E-state index contributed by atoms with van der Waals surface area (Å²) in [6.07, 6.45) is 11.4. The Kier molecular flexibility index (Phi) is 2.70. The summed E-state index contributed by atoms with van der Waals surface area (Å²) >= 11 is 0. The van der Waals surface area contributed by atoms with Gasteiger partial charge in [0, 0.05) is 31.2 Å². The standard InChI is InChI=1S/C15H16N2/c1-2-5-14-12-17(11-8-13(14)4-1)15-6-3-9-16-10-7-15/h1-7,9-10,16H,8,11-12H2. The van der Waals surface area contributed by atoms with Gasteiger partial charge in [-0.2, -0.15) is 0 Å². The maximum absolute atomic E-state index is 3.10. The van der Waals surface area contributed by atoms with Crippen molar-refractivity contribution in [3.63, 3.8) is 0 Å². The molecular weight excluding hydrogens is 208 g/mol. The van der Waals surface area contributed by atoms with Crippen molar-refractivity contribution in [3.05, 3.63) is 71.7 Å². The Morgan fingerprint density at radius 2 is 1.94 bits per heavy atom. The summed E-state index contributed by atoms with van der Waals surface area (Å²) < 4.78 is 0. The molecule has 1 aromatic carbocycles. The normalized spacial score (nSPS) is 18.1. The van der Waals surface area contributed by atoms with E-state index in [1.807, 2.05) is 12.4 Å². The van der Waals surface area contributed by atoms with Crippen molar-refractivity contribution in [2.45, 2.75) is 13.0 Å². The van der Waals surface area contributed by atoms with Gasteiger partial charge in [-0.3, -0.25) is 0 Å². The Bertz CT molecular complexity index is 497. The van der Waals surface area contributed by atoms with E-state index in [2.05, 4.69) is 52.7 Å². The number of hydrogen-bond acceptors (Lipinski definition) is 2. The second-order valence-corrected chi connectivity index (χ2v) is 4.39. The smallest absolute Gasteiger partial charge is 0.0432 e. The lowest BCUT2D eigenvalue weighted by Gasteiger charge is -2.31. The largest absolute Gasteiger partial charge is 0.368 e. The van der Waals surface area contributed by atoms with Gasteiger partial charge in [-0.15, -0.1) is 0 Å². The molecule has 0 saturated heterocycles. The molecule has 1 N–H and O–H groups in total. The first-order chi connectivity index (χ1) is 8.43. The first-order valence-electron chi connectivity index (χ1n) is 6.05. The van der Waals surface area contributed by atoms with E-state index in [4.69, 9.17) is 0 Å². The Labute approximate surface area is 102 Å². The van der Waals surface area contributed by atoms with Crippen molar-refractivity contribution in [3.8, 4) is 0 Å². The minimum atomic E-state index is 1.01. The molecule has 2 aliphatic rings. The van der Waals surface area contributed by atoms with E-state index in [9.17, 15) is 0 Å². The molecule has 0 atom stereocenters. The molecule has 0 unspecified atom stereocenters. The third-order valence-corrected chi connectivity index (χ3v) is 3.31. The van der Waals surface area contributed by atoms with Gasteiger partial charge in [0.25, 0.3) is 0 Å². The monoisotopic (exact) mass is 224 g/mol. The molecular formula is C15H16N2. The predicted molar refractivity (Wildman–Crippen MR) is 70.1 cm³/mol. The molecule has 1 aromatic rings. The topological polar surface area (TPSA) is 15.3 Å². The lowest BCUT2D eigenvalue weighted by atomic mass is 9.99. The third kappa shape index (κ3) is 2.11. The molecule has 2 nitrogen and oxygen atoms in total. The molecule has 0 aromatic heterocycles. The first-order valence-corrected chi connectivity index (χ1v) is 6.05. The van der Waals surface area contributed by atoms with Crippen molar-refractivity contribution in [1.82, 2.24) is 10.2 Å². The number of hydrogen-bond donors (Lipinski definition) is 1. The van der Waals surface area contributed by atoms with Gasteiger partial charge >= 0.3 is 0 Å². The summed E-state index contributed by atoms with van der Waals surface area (Å²) in [5.41, 5.74) is 4.23. The molecule has 2 aliphatic heterocycles. The van der Waals surface area contributed by atoms with Crippen LogP contribution in [0.5, 0.6) is 0 Å². The van der Waals surface area contributed by atoms with Crippen LogP contribution in [0.1, 0.15) is 11.1 Å². The molecule has 0 aliphatic carbocycles. The zero-order valence-electron chi connectivity index (χ0n) is 9.76. The molecule has 2 heterocycles. The number of allylic oxidation sites excluding steroid dienone is 3. The lowest BCUT2D eigenvalue weighted by molar-refractivity contribution is 0.332. The van der Waals surface area contributed by atoms with Crippen LogP contribution in [0, 0.1) is 0 Å². The van der Waals surface area contributed by atoms with Gasteiger partial charge in [0.15, 0.2) is 0 Å². The maximum atomic E-state index is 3.10. The van der Waals surface area contributed by atoms with Gasteiger partial charge in [-0.05, 0) is 35.8 Å². The van der Waals surface area contributed by atoms with E-state index < -0.39 is 0 Å². The van der Waals surface area contributed by atoms with Crippen LogP contribution in [0.2, 0.25) is 0 Å². The number of nitrogens with zero attached hydrogens (tertiary/aromatic N) is 1. The highest BCUT2D eigenvalue weighted by atomic mass is 15.1. The van der Waals surface area contributed by atoms with Crippen molar-refractivity contribution >= 4 is 0 Å². The molecule has 0 saturated carbocycles. The highest BCUT2D eigenvalue weighted by Crippen LogP contribution is 2.22. The zero-order chi connectivity index (χ0) is 11.5. The highest BCUT2D eigenvalue weighted by molar-refractivity contribution is 5.33. The summed E-state index contributed by atoms with van der Waals surface area (Å²) in [5, 5.41) is 3.10. The average Bonchev–Trinajstić information content (AvgIpc) is 2.67. The van der Waals surface area contributed by atoms with Gasteiger partial charge < -0.3 is 10.2 Å². The van der Waals surface area contributed by atoms with Gasteiger partial charge in [0.2, 0.25) is 0 Å². The summed E-state index contributed by atoms with van der Waals surface area (Å²) in [4.78, 5) is 2.43. The minimum absolute atomic E-state index is 1.01. The predicted octanol–water partition coefficient (Wildman–Crippen LogP) is 2.56. The van der Waals surface area contributed by atoms with Gasteiger partial charge in [-0.1, -0.05) is 24.3 Å². The number of rotatable bonds is 1. The Morgan fingerprint density at radius 3 is 2.88 bits per heavy atom. The van der Waals surface area contributed by atoms with Crippen molar-refractivity contribution < 1.29 is 0 Å². The fraction of sp³-hybridized carbons (Fsp3) is 0.200. The van der Waals surface area contributed by atoms with Crippen LogP contribution in [-0.4, -0.2) is 11.4 Å². The zero-order valence-corrected chi connectivity index (χ0v) is 9.76. The maximum Gasteiger partial charge on any atom is 0.0432 e. The van der Waals surface area contributed by atoms with E-state index in [0.717, 1.165) is 19.5 Å². The quantitative estimate of drug-likeness (QED) is 0.788.